The Morgan fingerprint density at radius 2 is 1.79 bits per heavy atom. The average Bonchev–Trinajstić information content (AvgIpc) is 3.38. The van der Waals surface area contributed by atoms with Gasteiger partial charge in [-0.15, -0.1) is 11.3 Å². The normalized spacial score (nSPS) is 11.4. The van der Waals surface area contributed by atoms with Crippen molar-refractivity contribution in [3.63, 3.8) is 0 Å². The number of para-hydroxylation sites is 1. The molecule has 0 radical (unpaired) electrons. The van der Waals surface area contributed by atoms with Gasteiger partial charge >= 0.3 is 0 Å². The zero-order valence-corrected chi connectivity index (χ0v) is 17.5. The van der Waals surface area contributed by atoms with Crippen LogP contribution in [0.3, 0.4) is 0 Å². The first-order valence-electron chi connectivity index (χ1n) is 8.85. The van der Waals surface area contributed by atoms with E-state index in [1.54, 1.807) is 34.2 Å². The van der Waals surface area contributed by atoms with E-state index >= 15 is 0 Å². The number of methoxy groups -OCH3 is 1. The second-order valence-electron chi connectivity index (χ2n) is 6.37. The van der Waals surface area contributed by atoms with Crippen LogP contribution in [-0.2, 0) is 10.0 Å². The van der Waals surface area contributed by atoms with Gasteiger partial charge in [-0.05, 0) is 54.3 Å². The number of hydrogen-bond donors (Lipinski definition) is 1. The summed E-state index contributed by atoms with van der Waals surface area (Å²) in [6, 6.07) is 19.6. The van der Waals surface area contributed by atoms with Gasteiger partial charge in [0.15, 0.2) is 0 Å². The average molecular weight is 426 g/mol. The number of rotatable bonds is 6. The van der Waals surface area contributed by atoms with E-state index in [1.807, 2.05) is 48.7 Å². The molecule has 8 heteroatoms. The summed E-state index contributed by atoms with van der Waals surface area (Å²) in [7, 11) is -2.26. The lowest BCUT2D eigenvalue weighted by Crippen LogP contribution is -2.16. The molecule has 29 heavy (non-hydrogen) atoms. The summed E-state index contributed by atoms with van der Waals surface area (Å²) in [5.41, 5.74) is 2.50. The number of anilines is 1. The van der Waals surface area contributed by atoms with Gasteiger partial charge in [-0.3, -0.25) is 4.72 Å². The Hall–Kier alpha value is -3.10. The van der Waals surface area contributed by atoms with E-state index in [0.29, 0.717) is 17.3 Å². The molecule has 0 spiro atoms. The van der Waals surface area contributed by atoms with Crippen LogP contribution < -0.4 is 9.46 Å². The summed E-state index contributed by atoms with van der Waals surface area (Å²) in [6.07, 6.45) is 0. The number of aryl methyl sites for hydroxylation is 1. The van der Waals surface area contributed by atoms with Crippen LogP contribution in [-0.4, -0.2) is 25.3 Å². The number of hydrogen-bond acceptors (Lipinski definition) is 5. The van der Waals surface area contributed by atoms with Crippen LogP contribution in [0.2, 0.25) is 0 Å². The van der Waals surface area contributed by atoms with Crippen molar-refractivity contribution in [2.45, 2.75) is 11.8 Å². The van der Waals surface area contributed by atoms with Gasteiger partial charge in [-0.2, -0.15) is 5.10 Å². The van der Waals surface area contributed by atoms with Crippen LogP contribution in [0.25, 0.3) is 16.3 Å². The molecule has 0 saturated carbocycles. The maximum Gasteiger partial charge on any atom is 0.263 e. The Labute approximate surface area is 173 Å². The largest absolute Gasteiger partial charge is 0.497 e. The van der Waals surface area contributed by atoms with Crippen LogP contribution in [0.15, 0.2) is 77.0 Å². The molecule has 0 aliphatic rings. The Kier molecular flexibility index (Phi) is 5.12. The highest BCUT2D eigenvalue weighted by Crippen LogP contribution is 2.30. The lowest BCUT2D eigenvalue weighted by atomic mass is 10.2. The lowest BCUT2D eigenvalue weighted by molar-refractivity contribution is 0.414. The van der Waals surface area contributed by atoms with Crippen LogP contribution in [0.5, 0.6) is 5.75 Å². The fourth-order valence-corrected chi connectivity index (χ4v) is 4.65. The Balaban J connectivity index is 1.78. The van der Waals surface area contributed by atoms with Gasteiger partial charge in [-0.1, -0.05) is 24.3 Å². The van der Waals surface area contributed by atoms with Gasteiger partial charge in [0, 0.05) is 6.07 Å². The Morgan fingerprint density at radius 3 is 2.45 bits per heavy atom. The fourth-order valence-electron chi connectivity index (χ4n) is 2.93. The Morgan fingerprint density at radius 1 is 1.03 bits per heavy atom. The summed E-state index contributed by atoms with van der Waals surface area (Å²) in [6.45, 7) is 1.96. The van der Waals surface area contributed by atoms with Gasteiger partial charge in [-0.25, -0.2) is 13.1 Å². The Bertz CT molecular complexity index is 1230. The zero-order valence-electron chi connectivity index (χ0n) is 15.9. The fraction of sp³-hybridized carbons (Fsp3) is 0.0952. The lowest BCUT2D eigenvalue weighted by Gasteiger charge is -2.12. The molecule has 0 bridgehead atoms. The topological polar surface area (TPSA) is 73.2 Å². The molecule has 0 aliphatic carbocycles. The molecule has 2 heterocycles. The second-order valence-corrected chi connectivity index (χ2v) is 9.00. The molecular weight excluding hydrogens is 406 g/mol. The molecule has 4 rings (SSSR count). The molecule has 0 fully saturated rings. The van der Waals surface area contributed by atoms with E-state index in [2.05, 4.69) is 9.82 Å². The number of sulfonamides is 1. The first kappa shape index (κ1) is 19.2. The van der Waals surface area contributed by atoms with Gasteiger partial charge in [0.1, 0.15) is 17.3 Å². The van der Waals surface area contributed by atoms with Gasteiger partial charge in [0.2, 0.25) is 0 Å². The smallest absolute Gasteiger partial charge is 0.263 e. The quantitative estimate of drug-likeness (QED) is 0.485. The predicted molar refractivity (Wildman–Crippen MR) is 115 cm³/mol. The predicted octanol–water partition coefficient (Wildman–Crippen LogP) is 4.72. The molecule has 148 valence electrons. The molecule has 0 saturated heterocycles. The second kappa shape index (κ2) is 7.73. The maximum absolute atomic E-state index is 13.0. The first-order chi connectivity index (χ1) is 14.0. The molecule has 2 aromatic heterocycles. The van der Waals surface area contributed by atoms with Gasteiger partial charge in [0.05, 0.1) is 22.6 Å². The van der Waals surface area contributed by atoms with Crippen molar-refractivity contribution in [2.75, 3.05) is 11.8 Å². The number of thiophene rings is 1. The van der Waals surface area contributed by atoms with E-state index in [9.17, 15) is 8.42 Å². The van der Waals surface area contributed by atoms with Crippen molar-refractivity contribution in [3.05, 3.63) is 77.7 Å². The summed E-state index contributed by atoms with van der Waals surface area (Å²) in [4.78, 5) is 1.11. The number of nitrogens with zero attached hydrogens (tertiary/aromatic N) is 2. The van der Waals surface area contributed by atoms with Crippen molar-refractivity contribution in [1.82, 2.24) is 9.78 Å². The SMILES string of the molecule is COc1ccc(S(=O)(=O)Nc2cc(-c3cccs3)nn2-c2ccccc2C)cc1. The van der Waals surface area contributed by atoms with Crippen molar-refractivity contribution in [1.29, 1.82) is 0 Å². The van der Waals surface area contributed by atoms with E-state index in [0.717, 1.165) is 16.1 Å². The minimum Gasteiger partial charge on any atom is -0.497 e. The van der Waals surface area contributed by atoms with Crippen LogP contribution in [0.1, 0.15) is 5.56 Å². The minimum absolute atomic E-state index is 0.147. The van der Waals surface area contributed by atoms with E-state index in [4.69, 9.17) is 4.74 Å². The van der Waals surface area contributed by atoms with E-state index in [-0.39, 0.29) is 4.90 Å². The maximum atomic E-state index is 13.0. The van der Waals surface area contributed by atoms with Gasteiger partial charge < -0.3 is 4.74 Å². The van der Waals surface area contributed by atoms with Crippen LogP contribution >= 0.6 is 11.3 Å². The number of aromatic nitrogens is 2. The minimum atomic E-state index is -3.80. The highest BCUT2D eigenvalue weighted by Gasteiger charge is 2.20. The molecular formula is C21H19N3O3S2. The molecule has 4 aromatic rings. The third-order valence-electron chi connectivity index (χ3n) is 4.44. The first-order valence-corrected chi connectivity index (χ1v) is 11.2. The van der Waals surface area contributed by atoms with E-state index < -0.39 is 10.0 Å². The van der Waals surface area contributed by atoms with Crippen molar-refractivity contribution in [3.8, 4) is 22.0 Å². The summed E-state index contributed by atoms with van der Waals surface area (Å²) in [5.74, 6) is 0.965. The monoisotopic (exact) mass is 425 g/mol. The van der Waals surface area contributed by atoms with Crippen molar-refractivity contribution in [2.24, 2.45) is 0 Å². The van der Waals surface area contributed by atoms with Crippen molar-refractivity contribution < 1.29 is 13.2 Å². The van der Waals surface area contributed by atoms with Crippen LogP contribution in [0, 0.1) is 6.92 Å². The molecule has 0 amide bonds. The third kappa shape index (κ3) is 3.90. The highest BCUT2D eigenvalue weighted by atomic mass is 32.2. The highest BCUT2D eigenvalue weighted by molar-refractivity contribution is 7.92. The summed E-state index contributed by atoms with van der Waals surface area (Å²) >= 11 is 1.55. The van der Waals surface area contributed by atoms with Crippen molar-refractivity contribution >= 4 is 27.2 Å². The molecule has 0 atom stereocenters. The summed E-state index contributed by atoms with van der Waals surface area (Å²) in [5, 5.41) is 6.63. The van der Waals surface area contributed by atoms with Gasteiger partial charge in [0.25, 0.3) is 10.0 Å². The number of nitrogens with one attached hydrogen (secondary N) is 1. The van der Waals surface area contributed by atoms with E-state index in [1.165, 1.54) is 19.2 Å². The molecule has 0 unspecified atom stereocenters. The summed E-state index contributed by atoms with van der Waals surface area (Å²) < 4.78 is 35.4. The number of ether oxygens (including phenoxy) is 1. The zero-order chi connectivity index (χ0) is 20.4. The third-order valence-corrected chi connectivity index (χ3v) is 6.70. The molecule has 1 N–H and O–H groups in total. The molecule has 6 nitrogen and oxygen atoms in total. The number of benzene rings is 2. The standard InChI is InChI=1S/C21H19N3O3S2/c1-15-6-3-4-7-19(15)24-21(14-18(22-24)20-8-5-13-28-20)23-29(25,26)17-11-9-16(27-2)10-12-17/h3-14,23H,1-2H3. The van der Waals surface area contributed by atoms with Crippen LogP contribution in [0.4, 0.5) is 5.82 Å². The molecule has 2 aromatic carbocycles. The molecule has 0 aliphatic heterocycles.